The normalized spacial score (nSPS) is 19.4. The number of nitro benzene ring substituents is 1. The highest BCUT2D eigenvalue weighted by Gasteiger charge is 2.53. The molecule has 0 spiro atoms. The van der Waals surface area contributed by atoms with Gasteiger partial charge >= 0.3 is 5.69 Å². The molecule has 0 unspecified atom stereocenters. The first-order valence-corrected chi connectivity index (χ1v) is 7.30. The Morgan fingerprint density at radius 3 is 2.75 bits per heavy atom. The van der Waals surface area contributed by atoms with E-state index >= 15 is 0 Å². The van der Waals surface area contributed by atoms with E-state index in [9.17, 15) is 10.1 Å². The van der Waals surface area contributed by atoms with Gasteiger partial charge in [0.1, 0.15) is 0 Å². The second-order valence-electron chi connectivity index (χ2n) is 5.86. The molecule has 0 heterocycles. The summed E-state index contributed by atoms with van der Waals surface area (Å²) in [6.45, 7) is 3.23. The summed E-state index contributed by atoms with van der Waals surface area (Å²) in [5, 5.41) is 14.4. The standard InChI is InChI=1S/C15H20N2O3/c1-2-20-14-9-12(5-6-13(14)17(18)19)16-10-15(7-8-15)11-3-4-11/h5-6,9,11,16H,2-4,7-8,10H2,1H3. The molecule has 20 heavy (non-hydrogen) atoms. The van der Waals surface area contributed by atoms with Crippen molar-refractivity contribution in [3.05, 3.63) is 28.3 Å². The zero-order valence-corrected chi connectivity index (χ0v) is 11.7. The van der Waals surface area contributed by atoms with E-state index in [0.29, 0.717) is 17.8 Å². The van der Waals surface area contributed by atoms with E-state index in [2.05, 4.69) is 5.32 Å². The molecule has 2 aliphatic carbocycles. The second kappa shape index (κ2) is 4.96. The summed E-state index contributed by atoms with van der Waals surface area (Å²) < 4.78 is 5.36. The summed E-state index contributed by atoms with van der Waals surface area (Å²) in [6, 6.07) is 5.03. The SMILES string of the molecule is CCOc1cc(NCC2(C3CC3)CC2)ccc1[N+](=O)[O-]. The highest BCUT2D eigenvalue weighted by Crippen LogP contribution is 2.61. The highest BCUT2D eigenvalue weighted by molar-refractivity contribution is 5.58. The summed E-state index contributed by atoms with van der Waals surface area (Å²) in [4.78, 5) is 10.5. The summed E-state index contributed by atoms with van der Waals surface area (Å²) in [7, 11) is 0. The molecule has 3 rings (SSSR count). The molecule has 0 atom stereocenters. The van der Waals surface area contributed by atoms with Gasteiger partial charge in [-0.3, -0.25) is 10.1 Å². The fourth-order valence-electron chi connectivity index (χ4n) is 2.91. The van der Waals surface area contributed by atoms with Gasteiger partial charge < -0.3 is 10.1 Å². The number of anilines is 1. The second-order valence-corrected chi connectivity index (χ2v) is 5.86. The Morgan fingerprint density at radius 1 is 1.45 bits per heavy atom. The number of hydrogen-bond donors (Lipinski definition) is 1. The molecule has 0 aliphatic heterocycles. The van der Waals surface area contributed by atoms with Crippen molar-refractivity contribution < 1.29 is 9.66 Å². The molecule has 2 fully saturated rings. The van der Waals surface area contributed by atoms with Crippen LogP contribution in [0.15, 0.2) is 18.2 Å². The number of benzene rings is 1. The average molecular weight is 276 g/mol. The van der Waals surface area contributed by atoms with Crippen molar-refractivity contribution in [2.75, 3.05) is 18.5 Å². The lowest BCUT2D eigenvalue weighted by Crippen LogP contribution is -2.17. The lowest BCUT2D eigenvalue weighted by molar-refractivity contribution is -0.385. The Balaban J connectivity index is 1.70. The number of hydrogen-bond acceptors (Lipinski definition) is 4. The number of nitrogens with zero attached hydrogens (tertiary/aromatic N) is 1. The van der Waals surface area contributed by atoms with Crippen LogP contribution in [0.2, 0.25) is 0 Å². The lowest BCUT2D eigenvalue weighted by Gasteiger charge is -2.16. The molecule has 0 amide bonds. The van der Waals surface area contributed by atoms with Crippen molar-refractivity contribution in [1.29, 1.82) is 0 Å². The zero-order chi connectivity index (χ0) is 14.2. The summed E-state index contributed by atoms with van der Waals surface area (Å²) in [5.74, 6) is 1.25. The van der Waals surface area contributed by atoms with Gasteiger partial charge in [0.05, 0.1) is 11.5 Å². The molecular formula is C15H20N2O3. The predicted molar refractivity (Wildman–Crippen MR) is 77.1 cm³/mol. The molecule has 0 bridgehead atoms. The third kappa shape index (κ3) is 2.57. The van der Waals surface area contributed by atoms with Crippen LogP contribution in [0.25, 0.3) is 0 Å². The third-order valence-corrected chi connectivity index (χ3v) is 4.44. The summed E-state index contributed by atoms with van der Waals surface area (Å²) in [6.07, 6.45) is 5.37. The van der Waals surface area contributed by atoms with Gasteiger partial charge in [-0.15, -0.1) is 0 Å². The average Bonchev–Trinajstić information content (AvgIpc) is 3.28. The Hall–Kier alpha value is -1.78. The maximum atomic E-state index is 10.9. The van der Waals surface area contributed by atoms with Crippen LogP contribution in [-0.2, 0) is 0 Å². The van der Waals surface area contributed by atoms with Gasteiger partial charge in [-0.05, 0) is 50.0 Å². The minimum atomic E-state index is -0.401. The van der Waals surface area contributed by atoms with E-state index in [0.717, 1.165) is 18.2 Å². The predicted octanol–water partition coefficient (Wildman–Crippen LogP) is 3.60. The molecule has 0 radical (unpaired) electrons. The smallest absolute Gasteiger partial charge is 0.311 e. The Kier molecular flexibility index (Phi) is 3.28. The van der Waals surface area contributed by atoms with Gasteiger partial charge in [-0.1, -0.05) is 0 Å². The van der Waals surface area contributed by atoms with Crippen LogP contribution in [0, 0.1) is 21.4 Å². The van der Waals surface area contributed by atoms with Crippen LogP contribution in [-0.4, -0.2) is 18.1 Å². The Bertz CT molecular complexity index is 522. The quantitative estimate of drug-likeness (QED) is 0.610. The molecule has 0 aromatic heterocycles. The van der Waals surface area contributed by atoms with Crippen molar-refractivity contribution in [2.24, 2.45) is 11.3 Å². The minimum absolute atomic E-state index is 0.0285. The van der Waals surface area contributed by atoms with Gasteiger partial charge in [0.2, 0.25) is 0 Å². The maximum absolute atomic E-state index is 10.9. The molecule has 1 N–H and O–H groups in total. The summed E-state index contributed by atoms with van der Waals surface area (Å²) in [5.41, 5.74) is 1.44. The Labute approximate surface area is 118 Å². The highest BCUT2D eigenvalue weighted by atomic mass is 16.6. The van der Waals surface area contributed by atoms with E-state index in [-0.39, 0.29) is 5.69 Å². The first-order valence-electron chi connectivity index (χ1n) is 7.30. The van der Waals surface area contributed by atoms with Crippen LogP contribution < -0.4 is 10.1 Å². The van der Waals surface area contributed by atoms with Crippen LogP contribution in [0.1, 0.15) is 32.6 Å². The van der Waals surface area contributed by atoms with Crippen LogP contribution >= 0.6 is 0 Å². The number of rotatable bonds is 7. The molecule has 108 valence electrons. The van der Waals surface area contributed by atoms with Crippen molar-refractivity contribution >= 4 is 11.4 Å². The molecule has 5 heteroatoms. The third-order valence-electron chi connectivity index (χ3n) is 4.44. The van der Waals surface area contributed by atoms with Crippen LogP contribution in [0.5, 0.6) is 5.75 Å². The van der Waals surface area contributed by atoms with E-state index < -0.39 is 4.92 Å². The minimum Gasteiger partial charge on any atom is -0.487 e. The van der Waals surface area contributed by atoms with Crippen LogP contribution in [0.3, 0.4) is 0 Å². The van der Waals surface area contributed by atoms with Gasteiger partial charge in [0.15, 0.2) is 5.75 Å². The van der Waals surface area contributed by atoms with Gasteiger partial charge in [-0.2, -0.15) is 0 Å². The van der Waals surface area contributed by atoms with Crippen molar-refractivity contribution in [3.8, 4) is 5.75 Å². The van der Waals surface area contributed by atoms with E-state index in [1.807, 2.05) is 6.92 Å². The molecule has 5 nitrogen and oxygen atoms in total. The molecule has 1 aromatic carbocycles. The largest absolute Gasteiger partial charge is 0.487 e. The van der Waals surface area contributed by atoms with E-state index in [4.69, 9.17) is 4.74 Å². The zero-order valence-electron chi connectivity index (χ0n) is 11.7. The monoisotopic (exact) mass is 276 g/mol. The maximum Gasteiger partial charge on any atom is 0.311 e. The fraction of sp³-hybridized carbons (Fsp3) is 0.600. The topological polar surface area (TPSA) is 64.4 Å². The van der Waals surface area contributed by atoms with Crippen molar-refractivity contribution in [2.45, 2.75) is 32.6 Å². The first kappa shape index (κ1) is 13.2. The molecular weight excluding hydrogens is 256 g/mol. The summed E-state index contributed by atoms with van der Waals surface area (Å²) >= 11 is 0. The first-order chi connectivity index (χ1) is 9.64. The molecule has 2 aliphatic rings. The number of ether oxygens (including phenoxy) is 1. The number of nitro groups is 1. The molecule has 1 aromatic rings. The fourth-order valence-corrected chi connectivity index (χ4v) is 2.91. The van der Waals surface area contributed by atoms with E-state index in [1.165, 1.54) is 31.7 Å². The van der Waals surface area contributed by atoms with Crippen molar-refractivity contribution in [1.82, 2.24) is 0 Å². The Morgan fingerprint density at radius 2 is 2.20 bits per heavy atom. The van der Waals surface area contributed by atoms with Gasteiger partial charge in [-0.25, -0.2) is 0 Å². The van der Waals surface area contributed by atoms with Gasteiger partial charge in [0, 0.05) is 24.4 Å². The lowest BCUT2D eigenvalue weighted by atomic mass is 10.0. The molecule has 0 saturated heterocycles. The van der Waals surface area contributed by atoms with E-state index in [1.54, 1.807) is 12.1 Å². The van der Waals surface area contributed by atoms with Gasteiger partial charge in [0.25, 0.3) is 0 Å². The molecule has 2 saturated carbocycles. The number of nitrogens with one attached hydrogen (secondary N) is 1. The van der Waals surface area contributed by atoms with Crippen LogP contribution in [0.4, 0.5) is 11.4 Å². The van der Waals surface area contributed by atoms with Crippen molar-refractivity contribution in [3.63, 3.8) is 0 Å².